The Hall–Kier alpha value is -1.02. The summed E-state index contributed by atoms with van der Waals surface area (Å²) in [5.41, 5.74) is 8.48. The van der Waals surface area contributed by atoms with Crippen molar-refractivity contribution in [3.05, 3.63) is 29.3 Å². The molecular weight excluding hydrogens is 174 g/mol. The molecule has 1 aromatic rings. The van der Waals surface area contributed by atoms with Crippen molar-refractivity contribution in [1.82, 2.24) is 0 Å². The van der Waals surface area contributed by atoms with E-state index in [1.165, 1.54) is 11.1 Å². The second-order valence-electron chi connectivity index (χ2n) is 4.11. The molecule has 1 heterocycles. The van der Waals surface area contributed by atoms with E-state index in [4.69, 9.17) is 10.5 Å². The summed E-state index contributed by atoms with van der Waals surface area (Å²) in [5, 5.41) is 0. The molecule has 2 rings (SSSR count). The summed E-state index contributed by atoms with van der Waals surface area (Å²) in [6, 6.07) is 6.66. The van der Waals surface area contributed by atoms with Gasteiger partial charge in [0, 0.05) is 12.5 Å². The van der Waals surface area contributed by atoms with Crippen molar-refractivity contribution in [3.63, 3.8) is 0 Å². The second kappa shape index (κ2) is 3.62. The molecule has 76 valence electrons. The fourth-order valence-electron chi connectivity index (χ4n) is 1.77. The van der Waals surface area contributed by atoms with Crippen LogP contribution in [0.15, 0.2) is 18.2 Å². The average Bonchev–Trinajstić information content (AvgIpc) is 2.62. The van der Waals surface area contributed by atoms with Gasteiger partial charge >= 0.3 is 0 Å². The van der Waals surface area contributed by atoms with Crippen LogP contribution in [0.3, 0.4) is 0 Å². The average molecular weight is 191 g/mol. The van der Waals surface area contributed by atoms with E-state index < -0.39 is 0 Å². The SMILES string of the molecule is CC(N)C(C)c1ccc2c(c1)OCC2. The van der Waals surface area contributed by atoms with Crippen LogP contribution in [0.5, 0.6) is 5.75 Å². The van der Waals surface area contributed by atoms with Crippen molar-refractivity contribution in [1.29, 1.82) is 0 Å². The molecule has 2 heteroatoms. The molecule has 2 atom stereocenters. The maximum absolute atomic E-state index is 5.87. The lowest BCUT2D eigenvalue weighted by Gasteiger charge is -2.16. The summed E-state index contributed by atoms with van der Waals surface area (Å²) in [7, 11) is 0. The molecule has 0 aromatic heterocycles. The molecular formula is C12H17NO. The predicted molar refractivity (Wildman–Crippen MR) is 57.7 cm³/mol. The topological polar surface area (TPSA) is 35.2 Å². The number of hydrogen-bond acceptors (Lipinski definition) is 2. The highest BCUT2D eigenvalue weighted by Gasteiger charge is 2.16. The van der Waals surface area contributed by atoms with Crippen LogP contribution < -0.4 is 10.5 Å². The molecule has 0 spiro atoms. The standard InChI is InChI=1S/C12H17NO/c1-8(9(2)13)11-4-3-10-5-6-14-12(10)7-11/h3-4,7-9H,5-6,13H2,1-2H3. The molecule has 14 heavy (non-hydrogen) atoms. The summed E-state index contributed by atoms with van der Waals surface area (Å²) in [4.78, 5) is 0. The number of fused-ring (bicyclic) bond motifs is 1. The van der Waals surface area contributed by atoms with Crippen LogP contribution in [0.4, 0.5) is 0 Å². The van der Waals surface area contributed by atoms with E-state index in [1.54, 1.807) is 0 Å². The Morgan fingerprint density at radius 1 is 1.36 bits per heavy atom. The smallest absolute Gasteiger partial charge is 0.122 e. The van der Waals surface area contributed by atoms with Gasteiger partial charge in [0.05, 0.1) is 6.61 Å². The van der Waals surface area contributed by atoms with Gasteiger partial charge in [0.25, 0.3) is 0 Å². The number of rotatable bonds is 2. The molecule has 1 aliphatic rings. The molecule has 0 saturated heterocycles. The lowest BCUT2D eigenvalue weighted by Crippen LogP contribution is -2.22. The van der Waals surface area contributed by atoms with Crippen LogP contribution in [0, 0.1) is 0 Å². The van der Waals surface area contributed by atoms with Crippen molar-refractivity contribution in [2.24, 2.45) is 5.73 Å². The van der Waals surface area contributed by atoms with E-state index >= 15 is 0 Å². The zero-order valence-corrected chi connectivity index (χ0v) is 8.79. The molecule has 2 nitrogen and oxygen atoms in total. The van der Waals surface area contributed by atoms with Gasteiger partial charge in [-0.2, -0.15) is 0 Å². The van der Waals surface area contributed by atoms with Crippen LogP contribution in [0.25, 0.3) is 0 Å². The molecule has 2 N–H and O–H groups in total. The van der Waals surface area contributed by atoms with Gasteiger partial charge in [-0.15, -0.1) is 0 Å². The monoisotopic (exact) mass is 191 g/mol. The van der Waals surface area contributed by atoms with Crippen LogP contribution in [-0.4, -0.2) is 12.6 Å². The minimum atomic E-state index is 0.189. The quantitative estimate of drug-likeness (QED) is 0.776. The zero-order chi connectivity index (χ0) is 10.1. The van der Waals surface area contributed by atoms with Crippen LogP contribution in [0.2, 0.25) is 0 Å². The molecule has 0 amide bonds. The van der Waals surface area contributed by atoms with Crippen LogP contribution >= 0.6 is 0 Å². The second-order valence-corrected chi connectivity index (χ2v) is 4.11. The Morgan fingerprint density at radius 2 is 2.14 bits per heavy atom. The van der Waals surface area contributed by atoms with Crippen LogP contribution in [-0.2, 0) is 6.42 Å². The first-order valence-corrected chi connectivity index (χ1v) is 5.19. The van der Waals surface area contributed by atoms with Gasteiger partial charge in [-0.3, -0.25) is 0 Å². The van der Waals surface area contributed by atoms with Gasteiger partial charge < -0.3 is 10.5 Å². The van der Waals surface area contributed by atoms with Crippen molar-refractivity contribution >= 4 is 0 Å². The molecule has 0 aliphatic carbocycles. The number of ether oxygens (including phenoxy) is 1. The van der Waals surface area contributed by atoms with Crippen molar-refractivity contribution in [2.75, 3.05) is 6.61 Å². The highest BCUT2D eigenvalue weighted by atomic mass is 16.5. The largest absolute Gasteiger partial charge is 0.493 e. The Balaban J connectivity index is 2.28. The highest BCUT2D eigenvalue weighted by Crippen LogP contribution is 2.29. The third-order valence-electron chi connectivity index (χ3n) is 3.03. The Kier molecular flexibility index (Phi) is 2.46. The molecule has 0 radical (unpaired) electrons. The lowest BCUT2D eigenvalue weighted by molar-refractivity contribution is 0.356. The third kappa shape index (κ3) is 1.62. The molecule has 0 fully saturated rings. The third-order valence-corrected chi connectivity index (χ3v) is 3.03. The fourth-order valence-corrected chi connectivity index (χ4v) is 1.77. The summed E-state index contributed by atoms with van der Waals surface area (Å²) < 4.78 is 5.53. The van der Waals surface area contributed by atoms with Crippen molar-refractivity contribution in [2.45, 2.75) is 32.2 Å². The summed E-state index contributed by atoms with van der Waals surface area (Å²) in [5.74, 6) is 1.44. The number of hydrogen-bond donors (Lipinski definition) is 1. The van der Waals surface area contributed by atoms with Gasteiger partial charge in [-0.25, -0.2) is 0 Å². The molecule has 1 aromatic carbocycles. The van der Waals surface area contributed by atoms with Gasteiger partial charge in [0.2, 0.25) is 0 Å². The van der Waals surface area contributed by atoms with E-state index in [0.29, 0.717) is 5.92 Å². The maximum Gasteiger partial charge on any atom is 0.122 e. The molecule has 2 unspecified atom stereocenters. The van der Waals surface area contributed by atoms with E-state index in [2.05, 4.69) is 25.1 Å². The summed E-state index contributed by atoms with van der Waals surface area (Å²) in [6.45, 7) is 5.02. The number of nitrogens with two attached hydrogens (primary N) is 1. The van der Waals surface area contributed by atoms with Gasteiger partial charge in [0.1, 0.15) is 5.75 Å². The van der Waals surface area contributed by atoms with Gasteiger partial charge in [-0.05, 0) is 30.0 Å². The van der Waals surface area contributed by atoms with Gasteiger partial charge in [0.15, 0.2) is 0 Å². The summed E-state index contributed by atoms with van der Waals surface area (Å²) in [6.07, 6.45) is 1.04. The molecule has 0 bridgehead atoms. The molecule has 0 saturated carbocycles. The van der Waals surface area contributed by atoms with E-state index in [0.717, 1.165) is 18.8 Å². The van der Waals surface area contributed by atoms with E-state index in [9.17, 15) is 0 Å². The predicted octanol–water partition coefficient (Wildman–Crippen LogP) is 2.07. The van der Waals surface area contributed by atoms with Crippen molar-refractivity contribution < 1.29 is 4.74 Å². The van der Waals surface area contributed by atoms with E-state index in [-0.39, 0.29) is 6.04 Å². The Bertz CT molecular complexity index is 333. The normalized spacial score (nSPS) is 18.5. The van der Waals surface area contributed by atoms with Crippen molar-refractivity contribution in [3.8, 4) is 5.75 Å². The first-order chi connectivity index (χ1) is 6.68. The minimum absolute atomic E-state index is 0.189. The first-order valence-electron chi connectivity index (χ1n) is 5.19. The van der Waals surface area contributed by atoms with Crippen LogP contribution in [0.1, 0.15) is 30.9 Å². The Labute approximate surface area is 85.1 Å². The fraction of sp³-hybridized carbons (Fsp3) is 0.500. The first kappa shape index (κ1) is 9.53. The Morgan fingerprint density at radius 3 is 2.86 bits per heavy atom. The van der Waals surface area contributed by atoms with E-state index in [1.807, 2.05) is 6.92 Å². The number of benzene rings is 1. The summed E-state index contributed by atoms with van der Waals surface area (Å²) >= 11 is 0. The maximum atomic E-state index is 5.87. The molecule has 1 aliphatic heterocycles. The lowest BCUT2D eigenvalue weighted by atomic mass is 9.94. The highest BCUT2D eigenvalue weighted by molar-refractivity contribution is 5.41. The van der Waals surface area contributed by atoms with Gasteiger partial charge in [-0.1, -0.05) is 19.1 Å². The minimum Gasteiger partial charge on any atom is -0.493 e. The zero-order valence-electron chi connectivity index (χ0n) is 8.79.